The Labute approximate surface area is 109 Å². The second-order valence-electron chi connectivity index (χ2n) is 6.68. The van der Waals surface area contributed by atoms with Gasteiger partial charge in [-0.2, -0.15) is 0 Å². The second-order valence-corrected chi connectivity index (χ2v) is 6.68. The maximum atomic E-state index is 2.62. The van der Waals surface area contributed by atoms with Gasteiger partial charge in [0.25, 0.3) is 0 Å². The minimum atomic E-state index is 0.431. The monoisotopic (exact) mass is 236 g/mol. The molecule has 0 radical (unpaired) electrons. The summed E-state index contributed by atoms with van der Waals surface area (Å²) in [5, 5.41) is 0. The Hall–Kier alpha value is -0.260. The quantitative estimate of drug-likeness (QED) is 0.539. The van der Waals surface area contributed by atoms with E-state index in [1.807, 2.05) is 0 Å². The summed E-state index contributed by atoms with van der Waals surface area (Å²) in [4.78, 5) is 0. The van der Waals surface area contributed by atoms with Gasteiger partial charge in [0.15, 0.2) is 0 Å². The summed E-state index contributed by atoms with van der Waals surface area (Å²) in [6.45, 7) is 14.3. The Morgan fingerprint density at radius 3 is 2.29 bits per heavy atom. The van der Waals surface area contributed by atoms with Crippen LogP contribution in [-0.4, -0.2) is 0 Å². The Morgan fingerprint density at radius 2 is 1.76 bits per heavy atom. The molecule has 1 rings (SSSR count). The van der Waals surface area contributed by atoms with Crippen LogP contribution < -0.4 is 0 Å². The van der Waals surface area contributed by atoms with E-state index in [-0.39, 0.29) is 0 Å². The molecule has 0 N–H and O–H groups in total. The predicted octanol–water partition coefficient (Wildman–Crippen LogP) is 5.83. The lowest BCUT2D eigenvalue weighted by molar-refractivity contribution is 0.239. The topological polar surface area (TPSA) is 0 Å². The minimum Gasteiger partial charge on any atom is -0.0817 e. The fraction of sp³-hybridized carbons (Fsp3) is 0.882. The van der Waals surface area contributed by atoms with Crippen molar-refractivity contribution >= 4 is 0 Å². The molecule has 0 saturated heterocycles. The first-order valence-corrected chi connectivity index (χ1v) is 7.61. The summed E-state index contributed by atoms with van der Waals surface area (Å²) >= 11 is 0. The molecule has 0 amide bonds. The molecule has 3 unspecified atom stereocenters. The molecule has 1 aliphatic carbocycles. The van der Waals surface area contributed by atoms with E-state index in [1.165, 1.54) is 32.1 Å². The molecular weight excluding hydrogens is 204 g/mol. The van der Waals surface area contributed by atoms with Crippen molar-refractivity contribution in [2.45, 2.75) is 73.6 Å². The molecule has 0 aromatic carbocycles. The van der Waals surface area contributed by atoms with Crippen LogP contribution in [-0.2, 0) is 0 Å². The van der Waals surface area contributed by atoms with Gasteiger partial charge in [0.2, 0.25) is 0 Å². The average molecular weight is 236 g/mol. The molecule has 17 heavy (non-hydrogen) atoms. The van der Waals surface area contributed by atoms with Gasteiger partial charge in [-0.1, -0.05) is 52.7 Å². The van der Waals surface area contributed by atoms with Gasteiger partial charge in [-0.25, -0.2) is 0 Å². The SMILES string of the molecule is CCC(C)(CC)/C(C)=C/C1CC(C)CCC1C. The first-order valence-electron chi connectivity index (χ1n) is 7.61. The lowest BCUT2D eigenvalue weighted by Gasteiger charge is -2.34. The summed E-state index contributed by atoms with van der Waals surface area (Å²) < 4.78 is 0. The third-order valence-corrected chi connectivity index (χ3v) is 5.50. The maximum absolute atomic E-state index is 2.62. The van der Waals surface area contributed by atoms with Gasteiger partial charge >= 0.3 is 0 Å². The minimum absolute atomic E-state index is 0.431. The molecule has 1 saturated carbocycles. The van der Waals surface area contributed by atoms with Crippen LogP contribution >= 0.6 is 0 Å². The van der Waals surface area contributed by atoms with E-state index in [2.05, 4.69) is 47.6 Å². The fourth-order valence-corrected chi connectivity index (χ4v) is 3.14. The van der Waals surface area contributed by atoms with Crippen molar-refractivity contribution < 1.29 is 0 Å². The predicted molar refractivity (Wildman–Crippen MR) is 78.1 cm³/mol. The number of rotatable bonds is 4. The van der Waals surface area contributed by atoms with E-state index in [4.69, 9.17) is 0 Å². The molecule has 0 aliphatic heterocycles. The molecule has 0 aromatic heterocycles. The average Bonchev–Trinajstić information content (AvgIpc) is 2.32. The van der Waals surface area contributed by atoms with Crippen LogP contribution in [0.3, 0.4) is 0 Å². The van der Waals surface area contributed by atoms with Crippen molar-refractivity contribution in [3.05, 3.63) is 11.6 Å². The summed E-state index contributed by atoms with van der Waals surface area (Å²) in [7, 11) is 0. The zero-order valence-electron chi connectivity index (χ0n) is 12.8. The van der Waals surface area contributed by atoms with E-state index >= 15 is 0 Å². The Balaban J connectivity index is 2.78. The van der Waals surface area contributed by atoms with Crippen molar-refractivity contribution in [2.24, 2.45) is 23.2 Å². The van der Waals surface area contributed by atoms with Crippen molar-refractivity contribution in [3.63, 3.8) is 0 Å². The number of hydrogen-bond acceptors (Lipinski definition) is 0. The molecule has 100 valence electrons. The molecule has 0 bridgehead atoms. The van der Waals surface area contributed by atoms with E-state index in [0.29, 0.717) is 5.41 Å². The van der Waals surface area contributed by atoms with Gasteiger partial charge in [0.05, 0.1) is 0 Å². The number of hydrogen-bond donors (Lipinski definition) is 0. The van der Waals surface area contributed by atoms with Gasteiger partial charge in [-0.15, -0.1) is 0 Å². The van der Waals surface area contributed by atoms with Crippen molar-refractivity contribution in [3.8, 4) is 0 Å². The molecule has 0 aromatic rings. The molecule has 1 aliphatic rings. The Kier molecular flexibility index (Phi) is 5.28. The van der Waals surface area contributed by atoms with Crippen molar-refractivity contribution in [1.82, 2.24) is 0 Å². The summed E-state index contributed by atoms with van der Waals surface area (Å²) in [5.74, 6) is 2.64. The third-order valence-electron chi connectivity index (χ3n) is 5.50. The highest BCUT2D eigenvalue weighted by Crippen LogP contribution is 2.39. The first-order chi connectivity index (χ1) is 7.92. The molecule has 0 heteroatoms. The van der Waals surface area contributed by atoms with Crippen LogP contribution in [0.4, 0.5) is 0 Å². The summed E-state index contributed by atoms with van der Waals surface area (Å²) in [6.07, 6.45) is 9.41. The van der Waals surface area contributed by atoms with Crippen molar-refractivity contribution in [2.75, 3.05) is 0 Å². The van der Waals surface area contributed by atoms with E-state index in [9.17, 15) is 0 Å². The maximum Gasteiger partial charge on any atom is -0.0124 e. The highest BCUT2D eigenvalue weighted by atomic mass is 14.3. The van der Waals surface area contributed by atoms with Gasteiger partial charge in [-0.3, -0.25) is 0 Å². The van der Waals surface area contributed by atoms with Crippen LogP contribution in [0, 0.1) is 23.2 Å². The smallest absolute Gasteiger partial charge is 0.0124 e. The van der Waals surface area contributed by atoms with Crippen LogP contribution in [0.25, 0.3) is 0 Å². The Bertz CT molecular complexity index is 257. The standard InChI is InChI=1S/C17H32/c1-7-17(6,8-2)15(5)12-16-11-13(3)9-10-14(16)4/h12-14,16H,7-11H2,1-6H3/b15-12+. The summed E-state index contributed by atoms with van der Waals surface area (Å²) in [6, 6.07) is 0. The summed E-state index contributed by atoms with van der Waals surface area (Å²) in [5.41, 5.74) is 2.06. The van der Waals surface area contributed by atoms with E-state index < -0.39 is 0 Å². The lowest BCUT2D eigenvalue weighted by Crippen LogP contribution is -2.22. The van der Waals surface area contributed by atoms with Gasteiger partial charge in [0, 0.05) is 0 Å². The lowest BCUT2D eigenvalue weighted by atomic mass is 9.71. The molecule has 0 spiro atoms. The van der Waals surface area contributed by atoms with E-state index in [1.54, 1.807) is 5.57 Å². The van der Waals surface area contributed by atoms with Gasteiger partial charge in [-0.05, 0) is 55.8 Å². The third kappa shape index (κ3) is 3.60. The number of allylic oxidation sites excluding steroid dienone is 2. The molecular formula is C17H32. The van der Waals surface area contributed by atoms with Crippen molar-refractivity contribution in [1.29, 1.82) is 0 Å². The zero-order valence-corrected chi connectivity index (χ0v) is 12.8. The Morgan fingerprint density at radius 1 is 1.18 bits per heavy atom. The van der Waals surface area contributed by atoms with E-state index in [0.717, 1.165) is 17.8 Å². The molecule has 0 heterocycles. The van der Waals surface area contributed by atoms with Crippen LogP contribution in [0.15, 0.2) is 11.6 Å². The zero-order chi connectivity index (χ0) is 13.1. The van der Waals surface area contributed by atoms with Crippen LogP contribution in [0.5, 0.6) is 0 Å². The highest BCUT2D eigenvalue weighted by Gasteiger charge is 2.27. The molecule has 1 fully saturated rings. The largest absolute Gasteiger partial charge is 0.0817 e. The van der Waals surface area contributed by atoms with Gasteiger partial charge < -0.3 is 0 Å². The second kappa shape index (κ2) is 6.07. The first kappa shape index (κ1) is 14.8. The molecule has 3 atom stereocenters. The molecule has 0 nitrogen and oxygen atoms in total. The fourth-order valence-electron chi connectivity index (χ4n) is 3.14. The highest BCUT2D eigenvalue weighted by molar-refractivity contribution is 5.12. The van der Waals surface area contributed by atoms with Gasteiger partial charge in [0.1, 0.15) is 0 Å². The normalized spacial score (nSPS) is 31.6. The van der Waals surface area contributed by atoms with Crippen LogP contribution in [0.1, 0.15) is 73.6 Å². The van der Waals surface area contributed by atoms with Crippen LogP contribution in [0.2, 0.25) is 0 Å².